The summed E-state index contributed by atoms with van der Waals surface area (Å²) >= 11 is 0. The maximum Gasteiger partial charge on any atom is 0.414 e. The molecule has 0 unspecified atom stereocenters. The first kappa shape index (κ1) is 18.9. The predicted octanol–water partition coefficient (Wildman–Crippen LogP) is 4.29. The fraction of sp³-hybridized carbons (Fsp3) is 0.125. The molecular formula is C24H20N4O3. The van der Waals surface area contributed by atoms with Crippen LogP contribution < -0.4 is 10.2 Å². The first-order valence-electron chi connectivity index (χ1n) is 10.0. The molecule has 0 atom stereocenters. The Hall–Kier alpha value is -4.13. The molecule has 2 heterocycles. The summed E-state index contributed by atoms with van der Waals surface area (Å²) in [6.45, 7) is 1.36. The lowest BCUT2D eigenvalue weighted by atomic mass is 10.0. The van der Waals surface area contributed by atoms with Gasteiger partial charge in [0.15, 0.2) is 0 Å². The Bertz CT molecular complexity index is 1280. The highest BCUT2D eigenvalue weighted by Gasteiger charge is 2.24. The smallest absolute Gasteiger partial charge is 0.414 e. The number of rotatable bonds is 5. The number of hydrogen-bond donors (Lipinski definition) is 1. The molecule has 1 aliphatic rings. The van der Waals surface area contributed by atoms with Crippen molar-refractivity contribution in [3.05, 3.63) is 90.1 Å². The van der Waals surface area contributed by atoms with Gasteiger partial charge in [0.2, 0.25) is 0 Å². The lowest BCUT2D eigenvalue weighted by Crippen LogP contribution is -2.24. The van der Waals surface area contributed by atoms with E-state index in [0.717, 1.165) is 16.3 Å². The molecule has 154 valence electrons. The molecule has 0 spiro atoms. The van der Waals surface area contributed by atoms with E-state index in [4.69, 9.17) is 4.74 Å². The molecule has 1 saturated heterocycles. The number of fused-ring (bicyclic) bond motifs is 1. The van der Waals surface area contributed by atoms with Gasteiger partial charge in [0.05, 0.1) is 19.3 Å². The Balaban J connectivity index is 1.37. The van der Waals surface area contributed by atoms with Gasteiger partial charge in [-0.1, -0.05) is 48.5 Å². The van der Waals surface area contributed by atoms with Crippen molar-refractivity contribution in [3.63, 3.8) is 0 Å². The Labute approximate surface area is 178 Å². The van der Waals surface area contributed by atoms with Gasteiger partial charge < -0.3 is 10.1 Å². The minimum absolute atomic E-state index is 0.269. The average molecular weight is 412 g/mol. The van der Waals surface area contributed by atoms with Crippen molar-refractivity contribution < 1.29 is 14.3 Å². The van der Waals surface area contributed by atoms with Gasteiger partial charge in [-0.2, -0.15) is 5.10 Å². The van der Waals surface area contributed by atoms with Crippen molar-refractivity contribution in [2.24, 2.45) is 0 Å². The summed E-state index contributed by atoms with van der Waals surface area (Å²) in [6, 6.07) is 23.1. The van der Waals surface area contributed by atoms with Crippen LogP contribution in [0.25, 0.3) is 10.8 Å². The zero-order valence-corrected chi connectivity index (χ0v) is 16.7. The van der Waals surface area contributed by atoms with Gasteiger partial charge in [-0.05, 0) is 34.5 Å². The molecular weight excluding hydrogens is 392 g/mol. The number of nitrogens with zero attached hydrogens (tertiary/aromatic N) is 3. The number of benzene rings is 3. The molecule has 1 N–H and O–H groups in total. The Morgan fingerprint density at radius 2 is 1.87 bits per heavy atom. The van der Waals surface area contributed by atoms with Crippen molar-refractivity contribution in [1.82, 2.24) is 9.78 Å². The summed E-state index contributed by atoms with van der Waals surface area (Å²) in [5, 5.41) is 9.64. The lowest BCUT2D eigenvalue weighted by molar-refractivity contribution is 0.102. The van der Waals surface area contributed by atoms with Crippen LogP contribution in [0.4, 0.5) is 16.3 Å². The van der Waals surface area contributed by atoms with Gasteiger partial charge in [0, 0.05) is 17.3 Å². The van der Waals surface area contributed by atoms with Gasteiger partial charge in [-0.15, -0.1) is 0 Å². The van der Waals surface area contributed by atoms with E-state index in [1.165, 1.54) is 4.90 Å². The van der Waals surface area contributed by atoms with Crippen LogP contribution in [0.2, 0.25) is 0 Å². The molecule has 1 fully saturated rings. The summed E-state index contributed by atoms with van der Waals surface area (Å²) < 4.78 is 6.75. The monoisotopic (exact) mass is 412 g/mol. The summed E-state index contributed by atoms with van der Waals surface area (Å²) in [5.41, 5.74) is 2.21. The second-order valence-electron chi connectivity index (χ2n) is 7.28. The molecule has 0 aliphatic carbocycles. The lowest BCUT2D eigenvalue weighted by Gasteiger charge is -2.14. The quantitative estimate of drug-likeness (QED) is 0.530. The second kappa shape index (κ2) is 7.95. The number of carbonyl (C=O) groups is 2. The van der Waals surface area contributed by atoms with Gasteiger partial charge in [-0.25, -0.2) is 9.48 Å². The maximum absolute atomic E-state index is 12.9. The summed E-state index contributed by atoms with van der Waals surface area (Å²) in [7, 11) is 0. The van der Waals surface area contributed by atoms with Crippen LogP contribution in [-0.2, 0) is 11.3 Å². The van der Waals surface area contributed by atoms with Crippen molar-refractivity contribution in [3.8, 4) is 0 Å². The molecule has 31 heavy (non-hydrogen) atoms. The number of ether oxygens (including phenoxy) is 1. The summed E-state index contributed by atoms with van der Waals surface area (Å²) in [6.07, 6.45) is 1.27. The normalized spacial score (nSPS) is 13.4. The van der Waals surface area contributed by atoms with E-state index in [1.807, 2.05) is 18.2 Å². The molecule has 0 radical (unpaired) electrons. The summed E-state index contributed by atoms with van der Waals surface area (Å²) in [5.74, 6) is 0.331. The van der Waals surface area contributed by atoms with Crippen molar-refractivity contribution in [2.75, 3.05) is 23.4 Å². The number of aromatic nitrogens is 2. The van der Waals surface area contributed by atoms with Crippen LogP contribution in [0.1, 0.15) is 15.9 Å². The zero-order valence-electron chi connectivity index (χ0n) is 16.7. The van der Waals surface area contributed by atoms with Crippen LogP contribution in [0.3, 0.4) is 0 Å². The van der Waals surface area contributed by atoms with E-state index in [0.29, 0.717) is 36.8 Å². The summed E-state index contributed by atoms with van der Waals surface area (Å²) in [4.78, 5) is 26.2. The van der Waals surface area contributed by atoms with Gasteiger partial charge in [-0.3, -0.25) is 9.69 Å². The number of nitrogens with one attached hydrogen (secondary N) is 1. The van der Waals surface area contributed by atoms with E-state index >= 15 is 0 Å². The first-order chi connectivity index (χ1) is 15.2. The van der Waals surface area contributed by atoms with Gasteiger partial charge >= 0.3 is 6.09 Å². The standard InChI is InChI=1S/C24H20N4O3/c29-23(18-7-4-9-20(15-18)27-13-14-31-24(27)30)26-22-11-12-25-28(22)16-19-8-3-6-17-5-1-2-10-21(17)19/h1-12,15H,13-14,16H2,(H,26,29). The molecule has 2 amide bonds. The molecule has 0 bridgehead atoms. The molecule has 1 aromatic heterocycles. The fourth-order valence-electron chi connectivity index (χ4n) is 3.79. The molecule has 5 rings (SSSR count). The van der Waals surface area contributed by atoms with E-state index in [2.05, 4.69) is 34.7 Å². The predicted molar refractivity (Wildman–Crippen MR) is 118 cm³/mol. The van der Waals surface area contributed by atoms with Crippen LogP contribution in [0, 0.1) is 0 Å². The highest BCUT2D eigenvalue weighted by Crippen LogP contribution is 2.22. The minimum Gasteiger partial charge on any atom is -0.447 e. The van der Waals surface area contributed by atoms with E-state index < -0.39 is 6.09 Å². The van der Waals surface area contributed by atoms with E-state index in [9.17, 15) is 9.59 Å². The largest absolute Gasteiger partial charge is 0.447 e. The number of carbonyl (C=O) groups excluding carboxylic acids is 2. The maximum atomic E-state index is 12.9. The fourth-order valence-corrected chi connectivity index (χ4v) is 3.79. The molecule has 4 aromatic rings. The van der Waals surface area contributed by atoms with Crippen LogP contribution >= 0.6 is 0 Å². The number of hydrogen-bond acceptors (Lipinski definition) is 4. The van der Waals surface area contributed by atoms with Crippen LogP contribution in [-0.4, -0.2) is 34.9 Å². The highest BCUT2D eigenvalue weighted by atomic mass is 16.6. The Kier molecular flexibility index (Phi) is 4.84. The number of amides is 2. The van der Waals surface area contributed by atoms with Crippen LogP contribution in [0.15, 0.2) is 79.0 Å². The van der Waals surface area contributed by atoms with Gasteiger partial charge in [0.25, 0.3) is 5.91 Å². The third kappa shape index (κ3) is 3.73. The second-order valence-corrected chi connectivity index (χ2v) is 7.28. The molecule has 1 aliphatic heterocycles. The highest BCUT2D eigenvalue weighted by molar-refractivity contribution is 6.05. The first-order valence-corrected chi connectivity index (χ1v) is 10.0. The SMILES string of the molecule is O=C(Nc1ccnn1Cc1cccc2ccccc12)c1cccc(N2CCOC2=O)c1. The molecule has 7 heteroatoms. The average Bonchev–Trinajstić information content (AvgIpc) is 3.43. The number of cyclic esters (lactones) is 1. The minimum atomic E-state index is -0.397. The van der Waals surface area contributed by atoms with E-state index in [1.54, 1.807) is 41.2 Å². The van der Waals surface area contributed by atoms with E-state index in [-0.39, 0.29) is 5.91 Å². The van der Waals surface area contributed by atoms with Crippen LogP contribution in [0.5, 0.6) is 0 Å². The van der Waals surface area contributed by atoms with Crippen molar-refractivity contribution in [2.45, 2.75) is 6.54 Å². The Morgan fingerprint density at radius 3 is 2.74 bits per heavy atom. The molecule has 7 nitrogen and oxygen atoms in total. The van der Waals surface area contributed by atoms with Crippen molar-refractivity contribution >= 4 is 34.3 Å². The van der Waals surface area contributed by atoms with Gasteiger partial charge in [0.1, 0.15) is 12.4 Å². The molecule has 3 aromatic carbocycles. The third-order valence-electron chi connectivity index (χ3n) is 5.34. The zero-order chi connectivity index (χ0) is 21.2. The molecule has 0 saturated carbocycles. The third-order valence-corrected chi connectivity index (χ3v) is 5.34. The topological polar surface area (TPSA) is 76.5 Å². The Morgan fingerprint density at radius 1 is 1.03 bits per heavy atom. The number of anilines is 2. The van der Waals surface area contributed by atoms with Crippen molar-refractivity contribution in [1.29, 1.82) is 0 Å².